The van der Waals surface area contributed by atoms with E-state index in [9.17, 15) is 0 Å². The highest BCUT2D eigenvalue weighted by atomic mass is 79.9. The Kier molecular flexibility index (Phi) is 5.30. The van der Waals surface area contributed by atoms with Crippen molar-refractivity contribution >= 4 is 27.7 Å². The largest absolute Gasteiger partial charge is 0.313 e. The number of thioether (sulfide) groups is 1. The van der Waals surface area contributed by atoms with E-state index in [0.717, 1.165) is 10.2 Å². The van der Waals surface area contributed by atoms with Crippen LogP contribution in [0.1, 0.15) is 0 Å². The number of halogens is 1. The molecule has 1 aromatic rings. The molecule has 0 aliphatic carbocycles. The first-order chi connectivity index (χ1) is 6.77. The summed E-state index contributed by atoms with van der Waals surface area (Å²) in [5, 5.41) is 3.19. The van der Waals surface area contributed by atoms with Gasteiger partial charge in [0.05, 0.1) is 0 Å². The summed E-state index contributed by atoms with van der Waals surface area (Å²) in [5.74, 6) is 1.00. The Morgan fingerprint density at radius 1 is 1.57 bits per heavy atom. The quantitative estimate of drug-likeness (QED) is 0.652. The molecule has 0 saturated heterocycles. The Morgan fingerprint density at radius 3 is 2.86 bits per heavy atom. The van der Waals surface area contributed by atoms with Crippen LogP contribution in [-0.2, 0) is 0 Å². The third-order valence-electron chi connectivity index (χ3n) is 1.91. The molecule has 0 aromatic heterocycles. The van der Waals surface area contributed by atoms with Gasteiger partial charge in [-0.25, -0.2) is 0 Å². The predicted octanol–water partition coefficient (Wildman–Crippen LogP) is 3.32. The van der Waals surface area contributed by atoms with Gasteiger partial charge in [0, 0.05) is 21.2 Å². The van der Waals surface area contributed by atoms with Gasteiger partial charge in [-0.05, 0) is 35.1 Å². The van der Waals surface area contributed by atoms with Crippen molar-refractivity contribution < 1.29 is 0 Å². The maximum absolute atomic E-state index is 3.78. The molecule has 76 valence electrons. The molecule has 1 aromatic carbocycles. The molecule has 0 fully saturated rings. The smallest absolute Gasteiger partial charge is 0.0339 e. The first kappa shape index (κ1) is 11.8. The zero-order chi connectivity index (χ0) is 10.4. The minimum absolute atomic E-state index is 0.368. The molecular weight excluding hydrogens is 258 g/mol. The van der Waals surface area contributed by atoms with Crippen LogP contribution < -0.4 is 5.32 Å². The molecule has 14 heavy (non-hydrogen) atoms. The zero-order valence-electron chi connectivity index (χ0n) is 8.16. The van der Waals surface area contributed by atoms with Crippen LogP contribution in [0.2, 0.25) is 0 Å². The molecule has 1 rings (SSSR count). The highest BCUT2D eigenvalue weighted by Gasteiger charge is 2.03. The Hall–Kier alpha value is -0.250. The van der Waals surface area contributed by atoms with Crippen LogP contribution in [0.4, 0.5) is 0 Å². The average molecular weight is 272 g/mol. The fraction of sp³-hybridized carbons (Fsp3) is 0.273. The van der Waals surface area contributed by atoms with Gasteiger partial charge < -0.3 is 5.32 Å². The standard InChI is InChI=1S/C11H14BrNS/c1-3-9(13-2)8-14-11-7-5-4-6-10(11)12/h3-7,9,13H,1,8H2,2H3. The van der Waals surface area contributed by atoms with E-state index in [-0.39, 0.29) is 0 Å². The van der Waals surface area contributed by atoms with Gasteiger partial charge in [-0.1, -0.05) is 18.2 Å². The molecule has 1 unspecified atom stereocenters. The predicted molar refractivity (Wildman–Crippen MR) is 67.9 cm³/mol. The van der Waals surface area contributed by atoms with Gasteiger partial charge in [0.25, 0.3) is 0 Å². The summed E-state index contributed by atoms with van der Waals surface area (Å²) in [5.41, 5.74) is 0. The van der Waals surface area contributed by atoms with E-state index in [1.807, 2.05) is 31.0 Å². The number of rotatable bonds is 5. The first-order valence-electron chi connectivity index (χ1n) is 4.45. The summed E-state index contributed by atoms with van der Waals surface area (Å²) in [7, 11) is 1.95. The summed E-state index contributed by atoms with van der Waals surface area (Å²) >= 11 is 5.35. The normalized spacial score (nSPS) is 12.4. The molecule has 0 aliphatic rings. The molecule has 1 N–H and O–H groups in total. The fourth-order valence-corrected chi connectivity index (χ4v) is 2.68. The van der Waals surface area contributed by atoms with E-state index in [1.54, 1.807) is 0 Å². The molecule has 0 bridgehead atoms. The summed E-state index contributed by atoms with van der Waals surface area (Å²) in [6.07, 6.45) is 1.93. The number of nitrogens with one attached hydrogen (secondary N) is 1. The minimum Gasteiger partial charge on any atom is -0.313 e. The van der Waals surface area contributed by atoms with Gasteiger partial charge in [0.1, 0.15) is 0 Å². The lowest BCUT2D eigenvalue weighted by atomic mass is 10.3. The Balaban J connectivity index is 2.53. The van der Waals surface area contributed by atoms with Crippen molar-refractivity contribution in [1.29, 1.82) is 0 Å². The molecule has 1 nitrogen and oxygen atoms in total. The molecule has 0 heterocycles. The number of hydrogen-bond acceptors (Lipinski definition) is 2. The van der Waals surface area contributed by atoms with Crippen LogP contribution >= 0.6 is 27.7 Å². The molecule has 0 amide bonds. The topological polar surface area (TPSA) is 12.0 Å². The molecular formula is C11H14BrNS. The molecule has 0 radical (unpaired) electrons. The maximum Gasteiger partial charge on any atom is 0.0339 e. The molecule has 0 spiro atoms. The SMILES string of the molecule is C=CC(CSc1ccccc1Br)NC. The summed E-state index contributed by atoms with van der Waals surface area (Å²) in [6, 6.07) is 8.62. The van der Waals surface area contributed by atoms with Crippen molar-refractivity contribution in [2.75, 3.05) is 12.8 Å². The van der Waals surface area contributed by atoms with Gasteiger partial charge in [-0.3, -0.25) is 0 Å². The van der Waals surface area contributed by atoms with Gasteiger partial charge in [0.2, 0.25) is 0 Å². The highest BCUT2D eigenvalue weighted by Crippen LogP contribution is 2.27. The third-order valence-corrected chi connectivity index (χ3v) is 4.06. The average Bonchev–Trinajstić information content (AvgIpc) is 2.22. The minimum atomic E-state index is 0.368. The molecule has 0 saturated carbocycles. The Morgan fingerprint density at radius 2 is 2.29 bits per heavy atom. The first-order valence-corrected chi connectivity index (χ1v) is 6.23. The fourth-order valence-electron chi connectivity index (χ4n) is 1.01. The van der Waals surface area contributed by atoms with Crippen molar-refractivity contribution in [3.8, 4) is 0 Å². The van der Waals surface area contributed by atoms with E-state index in [4.69, 9.17) is 0 Å². The number of benzene rings is 1. The van der Waals surface area contributed by atoms with Gasteiger partial charge in [0.15, 0.2) is 0 Å². The molecule has 3 heteroatoms. The Bertz CT molecular complexity index is 301. The third kappa shape index (κ3) is 3.48. The van der Waals surface area contributed by atoms with E-state index in [1.165, 1.54) is 4.90 Å². The van der Waals surface area contributed by atoms with Crippen molar-refractivity contribution in [2.45, 2.75) is 10.9 Å². The van der Waals surface area contributed by atoms with Crippen molar-refractivity contribution in [3.05, 3.63) is 41.4 Å². The maximum atomic E-state index is 3.78. The van der Waals surface area contributed by atoms with E-state index < -0.39 is 0 Å². The lowest BCUT2D eigenvalue weighted by Gasteiger charge is -2.11. The zero-order valence-corrected chi connectivity index (χ0v) is 10.6. The second-order valence-corrected chi connectivity index (χ2v) is 4.79. The van der Waals surface area contributed by atoms with Gasteiger partial charge in [-0.15, -0.1) is 18.3 Å². The van der Waals surface area contributed by atoms with E-state index in [0.29, 0.717) is 6.04 Å². The van der Waals surface area contributed by atoms with E-state index in [2.05, 4.69) is 46.0 Å². The van der Waals surface area contributed by atoms with Crippen LogP contribution in [0.15, 0.2) is 46.3 Å². The number of likely N-dealkylation sites (N-methyl/N-ethyl adjacent to an activating group) is 1. The monoisotopic (exact) mass is 271 g/mol. The Labute approximate surface area is 98.1 Å². The van der Waals surface area contributed by atoms with Crippen LogP contribution in [0.25, 0.3) is 0 Å². The van der Waals surface area contributed by atoms with Crippen molar-refractivity contribution in [1.82, 2.24) is 5.32 Å². The lowest BCUT2D eigenvalue weighted by Crippen LogP contribution is -2.24. The van der Waals surface area contributed by atoms with Gasteiger partial charge in [-0.2, -0.15) is 0 Å². The van der Waals surface area contributed by atoms with E-state index >= 15 is 0 Å². The summed E-state index contributed by atoms with van der Waals surface area (Å²) < 4.78 is 1.16. The second kappa shape index (κ2) is 6.27. The van der Waals surface area contributed by atoms with Crippen LogP contribution in [0.5, 0.6) is 0 Å². The van der Waals surface area contributed by atoms with Crippen LogP contribution in [-0.4, -0.2) is 18.8 Å². The molecule has 1 atom stereocenters. The van der Waals surface area contributed by atoms with Crippen LogP contribution in [0, 0.1) is 0 Å². The second-order valence-electron chi connectivity index (χ2n) is 2.87. The van der Waals surface area contributed by atoms with Crippen molar-refractivity contribution in [2.24, 2.45) is 0 Å². The molecule has 0 aliphatic heterocycles. The highest BCUT2D eigenvalue weighted by molar-refractivity contribution is 9.10. The van der Waals surface area contributed by atoms with Crippen molar-refractivity contribution in [3.63, 3.8) is 0 Å². The van der Waals surface area contributed by atoms with Gasteiger partial charge >= 0.3 is 0 Å². The lowest BCUT2D eigenvalue weighted by molar-refractivity contribution is 0.740. The summed E-state index contributed by atoms with van der Waals surface area (Å²) in [6.45, 7) is 3.78. The summed E-state index contributed by atoms with van der Waals surface area (Å²) in [4.78, 5) is 1.27. The number of hydrogen-bond donors (Lipinski definition) is 1. The van der Waals surface area contributed by atoms with Crippen LogP contribution in [0.3, 0.4) is 0 Å².